The predicted molar refractivity (Wildman–Crippen MR) is 60.8 cm³/mol. The zero-order valence-electron chi connectivity index (χ0n) is 8.87. The molecule has 1 aliphatic heterocycles. The predicted octanol–water partition coefficient (Wildman–Crippen LogP) is 3.31. The third-order valence-corrected chi connectivity index (χ3v) is 4.03. The van der Waals surface area contributed by atoms with Crippen molar-refractivity contribution in [2.45, 2.75) is 62.4 Å². The average Bonchev–Trinajstić information content (AvgIpc) is 2.90. The maximum atomic E-state index is 10.5. The van der Waals surface area contributed by atoms with Gasteiger partial charge in [0.05, 0.1) is 0 Å². The number of aliphatic carboxylic acids is 1. The van der Waals surface area contributed by atoms with Crippen molar-refractivity contribution in [3.8, 4) is 0 Å². The van der Waals surface area contributed by atoms with E-state index in [-0.39, 0.29) is 5.25 Å². The maximum absolute atomic E-state index is 10.5. The molecule has 2 unspecified atom stereocenters. The van der Waals surface area contributed by atoms with Crippen LogP contribution in [0.5, 0.6) is 0 Å². The Morgan fingerprint density at radius 1 is 1.21 bits per heavy atom. The first-order chi connectivity index (χ1) is 6.75. The Bertz CT molecular complexity index is 182. The summed E-state index contributed by atoms with van der Waals surface area (Å²) in [5.41, 5.74) is 0. The third kappa shape index (κ3) is 4.36. The second kappa shape index (κ2) is 6.33. The lowest BCUT2D eigenvalue weighted by Crippen LogP contribution is -2.07. The Morgan fingerprint density at radius 2 is 1.86 bits per heavy atom. The van der Waals surface area contributed by atoms with Gasteiger partial charge in [0.1, 0.15) is 5.25 Å². The Hall–Kier alpha value is -0.180. The van der Waals surface area contributed by atoms with Crippen molar-refractivity contribution < 1.29 is 9.90 Å². The third-order valence-electron chi connectivity index (χ3n) is 2.67. The molecule has 14 heavy (non-hydrogen) atoms. The number of carbonyl (C=O) groups is 1. The minimum atomic E-state index is -0.619. The fraction of sp³-hybridized carbons (Fsp3) is 0.909. The van der Waals surface area contributed by atoms with Gasteiger partial charge >= 0.3 is 5.97 Å². The van der Waals surface area contributed by atoms with Crippen LogP contribution in [-0.4, -0.2) is 21.6 Å². The summed E-state index contributed by atoms with van der Waals surface area (Å²) in [6, 6.07) is 0. The highest BCUT2D eigenvalue weighted by Crippen LogP contribution is 2.44. The Morgan fingerprint density at radius 3 is 2.43 bits per heavy atom. The van der Waals surface area contributed by atoms with Crippen molar-refractivity contribution >= 4 is 17.7 Å². The van der Waals surface area contributed by atoms with E-state index in [2.05, 4.69) is 6.92 Å². The Kier molecular flexibility index (Phi) is 5.38. The first kappa shape index (κ1) is 11.9. The topological polar surface area (TPSA) is 37.3 Å². The SMILES string of the molecule is CCCCCCCCC1SC1C(=O)O. The highest BCUT2D eigenvalue weighted by atomic mass is 32.2. The molecule has 0 aromatic heterocycles. The van der Waals surface area contributed by atoms with Crippen molar-refractivity contribution in [2.75, 3.05) is 0 Å². The smallest absolute Gasteiger partial charge is 0.317 e. The van der Waals surface area contributed by atoms with Gasteiger partial charge in [-0.25, -0.2) is 0 Å². The first-order valence-corrected chi connectivity index (χ1v) is 6.58. The summed E-state index contributed by atoms with van der Waals surface area (Å²) in [5.74, 6) is -0.619. The van der Waals surface area contributed by atoms with Gasteiger partial charge in [0.25, 0.3) is 0 Å². The highest BCUT2D eigenvalue weighted by molar-refractivity contribution is 8.08. The van der Waals surface area contributed by atoms with Gasteiger partial charge in [-0.1, -0.05) is 45.4 Å². The van der Waals surface area contributed by atoms with E-state index in [1.807, 2.05) is 0 Å². The van der Waals surface area contributed by atoms with Crippen molar-refractivity contribution in [3.05, 3.63) is 0 Å². The number of hydrogen-bond donors (Lipinski definition) is 1. The first-order valence-electron chi connectivity index (χ1n) is 5.64. The molecule has 0 aromatic carbocycles. The van der Waals surface area contributed by atoms with Crippen LogP contribution in [-0.2, 0) is 4.79 Å². The molecule has 0 amide bonds. The highest BCUT2D eigenvalue weighted by Gasteiger charge is 2.43. The van der Waals surface area contributed by atoms with Gasteiger partial charge < -0.3 is 5.11 Å². The minimum absolute atomic E-state index is 0.0781. The van der Waals surface area contributed by atoms with Gasteiger partial charge in [0, 0.05) is 5.25 Å². The largest absolute Gasteiger partial charge is 0.480 e. The van der Waals surface area contributed by atoms with Gasteiger partial charge in [-0.2, -0.15) is 0 Å². The number of carboxylic acid groups (broad SMARTS) is 1. The molecule has 0 radical (unpaired) electrons. The maximum Gasteiger partial charge on any atom is 0.317 e. The molecule has 1 N–H and O–H groups in total. The van der Waals surface area contributed by atoms with Crippen molar-refractivity contribution in [1.29, 1.82) is 0 Å². The Labute approximate surface area is 90.5 Å². The number of carboxylic acids is 1. The van der Waals surface area contributed by atoms with E-state index in [4.69, 9.17) is 5.11 Å². The van der Waals surface area contributed by atoms with Gasteiger partial charge in [-0.15, -0.1) is 11.8 Å². The normalized spacial score (nSPS) is 24.9. The standard InChI is InChI=1S/C11H20O2S/c1-2-3-4-5-6-7-8-9-10(14-9)11(12)13/h9-10H,2-8H2,1H3,(H,12,13). The molecule has 82 valence electrons. The van der Waals surface area contributed by atoms with Crippen LogP contribution in [0.1, 0.15) is 51.9 Å². The lowest BCUT2D eigenvalue weighted by Gasteiger charge is -1.98. The summed E-state index contributed by atoms with van der Waals surface area (Å²) >= 11 is 1.61. The van der Waals surface area contributed by atoms with Crippen molar-refractivity contribution in [2.24, 2.45) is 0 Å². The fourth-order valence-corrected chi connectivity index (χ4v) is 2.66. The second-order valence-corrected chi connectivity index (χ2v) is 5.38. The summed E-state index contributed by atoms with van der Waals surface area (Å²) < 4.78 is 0. The molecule has 3 heteroatoms. The summed E-state index contributed by atoms with van der Waals surface area (Å²) in [4.78, 5) is 10.5. The molecule has 0 aliphatic carbocycles. The number of thioether (sulfide) groups is 1. The van der Waals surface area contributed by atoms with Crippen LogP contribution in [0.3, 0.4) is 0 Å². The molecule has 1 heterocycles. The average molecular weight is 216 g/mol. The summed E-state index contributed by atoms with van der Waals surface area (Å²) in [5, 5.41) is 9.03. The molecular formula is C11H20O2S. The van der Waals surface area contributed by atoms with E-state index < -0.39 is 5.97 Å². The van der Waals surface area contributed by atoms with Crippen LogP contribution < -0.4 is 0 Å². The zero-order chi connectivity index (χ0) is 10.4. The molecule has 0 spiro atoms. The van der Waals surface area contributed by atoms with Crippen LogP contribution in [0.2, 0.25) is 0 Å². The molecule has 2 nitrogen and oxygen atoms in total. The minimum Gasteiger partial charge on any atom is -0.480 e. The molecule has 1 rings (SSSR count). The Balaban J connectivity index is 1.84. The molecule has 1 fully saturated rings. The van der Waals surface area contributed by atoms with Gasteiger partial charge in [-0.05, 0) is 6.42 Å². The number of unbranched alkanes of at least 4 members (excludes halogenated alkanes) is 5. The molecule has 1 saturated heterocycles. The van der Waals surface area contributed by atoms with Crippen LogP contribution in [0.4, 0.5) is 0 Å². The molecule has 2 atom stereocenters. The van der Waals surface area contributed by atoms with Crippen molar-refractivity contribution in [1.82, 2.24) is 0 Å². The van der Waals surface area contributed by atoms with E-state index in [9.17, 15) is 4.79 Å². The molecular weight excluding hydrogens is 196 g/mol. The van der Waals surface area contributed by atoms with E-state index in [1.165, 1.54) is 38.5 Å². The molecule has 1 aliphatic rings. The van der Waals surface area contributed by atoms with Crippen molar-refractivity contribution in [3.63, 3.8) is 0 Å². The monoisotopic (exact) mass is 216 g/mol. The zero-order valence-corrected chi connectivity index (χ0v) is 9.68. The van der Waals surface area contributed by atoms with E-state index in [1.54, 1.807) is 11.8 Å². The number of rotatable bonds is 8. The lowest BCUT2D eigenvalue weighted by molar-refractivity contribution is -0.135. The fourth-order valence-electron chi connectivity index (χ4n) is 1.71. The van der Waals surface area contributed by atoms with E-state index in [0.29, 0.717) is 5.25 Å². The quantitative estimate of drug-likeness (QED) is 0.499. The number of hydrogen-bond acceptors (Lipinski definition) is 2. The summed E-state index contributed by atoms with van der Waals surface area (Å²) in [7, 11) is 0. The summed E-state index contributed by atoms with van der Waals surface area (Å²) in [6.45, 7) is 2.22. The van der Waals surface area contributed by atoms with Gasteiger partial charge in [0.15, 0.2) is 0 Å². The van der Waals surface area contributed by atoms with E-state index in [0.717, 1.165) is 6.42 Å². The molecule has 0 saturated carbocycles. The van der Waals surface area contributed by atoms with Crippen LogP contribution in [0.25, 0.3) is 0 Å². The van der Waals surface area contributed by atoms with Crippen LogP contribution in [0.15, 0.2) is 0 Å². The molecule has 0 aromatic rings. The van der Waals surface area contributed by atoms with Gasteiger partial charge in [-0.3, -0.25) is 4.79 Å². The van der Waals surface area contributed by atoms with E-state index >= 15 is 0 Å². The second-order valence-electron chi connectivity index (χ2n) is 3.99. The summed E-state index contributed by atoms with van der Waals surface area (Å²) in [6.07, 6.45) is 8.90. The lowest BCUT2D eigenvalue weighted by atomic mass is 10.1. The van der Waals surface area contributed by atoms with Crippen LogP contribution >= 0.6 is 11.8 Å². The van der Waals surface area contributed by atoms with Gasteiger partial charge in [0.2, 0.25) is 0 Å². The van der Waals surface area contributed by atoms with Crippen LogP contribution in [0, 0.1) is 0 Å². The molecule has 0 bridgehead atoms.